The number of aromatic amines is 1. The fourth-order valence-corrected chi connectivity index (χ4v) is 2.83. The fourth-order valence-electron chi connectivity index (χ4n) is 2.83. The van der Waals surface area contributed by atoms with Gasteiger partial charge in [-0.3, -0.25) is 9.59 Å². The van der Waals surface area contributed by atoms with Crippen LogP contribution in [-0.2, 0) is 12.7 Å². The molecule has 2 heterocycles. The first-order valence-electron chi connectivity index (χ1n) is 8.35. The second-order valence-electron chi connectivity index (χ2n) is 6.27. The number of halogens is 4. The molecule has 2 aromatic heterocycles. The predicted octanol–water partition coefficient (Wildman–Crippen LogP) is 2.66. The molecule has 0 fully saturated rings. The lowest BCUT2D eigenvalue weighted by Gasteiger charge is -2.12. The number of alkyl halides is 3. The molecule has 1 amide bonds. The minimum Gasteiger partial charge on any atom is -0.346 e. The Morgan fingerprint density at radius 2 is 1.93 bits per heavy atom. The zero-order valence-corrected chi connectivity index (χ0v) is 15.3. The number of nitrogens with zero attached hydrogens (tertiary/aromatic N) is 3. The van der Waals surface area contributed by atoms with Gasteiger partial charge in [-0.25, -0.2) is 9.07 Å². The molecule has 152 valence electrons. The fraction of sp³-hybridized carbons (Fsp3) is 0.222. The Balaban J connectivity index is 1.96. The van der Waals surface area contributed by atoms with Gasteiger partial charge in [0.25, 0.3) is 11.5 Å². The van der Waals surface area contributed by atoms with Crippen LogP contribution in [-0.4, -0.2) is 25.9 Å². The number of hydrogen-bond donors (Lipinski definition) is 2. The van der Waals surface area contributed by atoms with E-state index in [0.29, 0.717) is 11.3 Å². The lowest BCUT2D eigenvalue weighted by molar-refractivity contribution is -0.143. The van der Waals surface area contributed by atoms with Crippen LogP contribution >= 0.6 is 0 Å². The Hall–Kier alpha value is -3.50. The Bertz CT molecular complexity index is 1130. The Morgan fingerprint density at radius 3 is 2.55 bits per heavy atom. The maximum absolute atomic E-state index is 13.9. The number of benzene rings is 1. The second-order valence-corrected chi connectivity index (χ2v) is 6.27. The van der Waals surface area contributed by atoms with Gasteiger partial charge in [0.05, 0.1) is 0 Å². The van der Waals surface area contributed by atoms with Crippen molar-refractivity contribution in [1.82, 2.24) is 25.3 Å². The third-order valence-corrected chi connectivity index (χ3v) is 4.15. The van der Waals surface area contributed by atoms with E-state index in [1.165, 1.54) is 12.1 Å². The van der Waals surface area contributed by atoms with E-state index in [4.69, 9.17) is 0 Å². The molecule has 0 radical (unpaired) electrons. The number of aryl methyl sites for hydroxylation is 2. The second kappa shape index (κ2) is 7.49. The van der Waals surface area contributed by atoms with Crippen LogP contribution < -0.4 is 10.9 Å². The van der Waals surface area contributed by atoms with E-state index >= 15 is 0 Å². The first kappa shape index (κ1) is 20.2. The molecule has 11 heteroatoms. The summed E-state index contributed by atoms with van der Waals surface area (Å²) in [5.41, 5.74) is -2.14. The van der Waals surface area contributed by atoms with Crippen LogP contribution in [0.3, 0.4) is 0 Å². The van der Waals surface area contributed by atoms with Gasteiger partial charge in [-0.1, -0.05) is 17.3 Å². The maximum atomic E-state index is 13.9. The molecule has 0 aliphatic heterocycles. The van der Waals surface area contributed by atoms with Crippen molar-refractivity contribution in [2.75, 3.05) is 0 Å². The zero-order valence-electron chi connectivity index (χ0n) is 15.3. The molecule has 0 aliphatic carbocycles. The third-order valence-electron chi connectivity index (χ3n) is 4.15. The molecule has 3 aromatic rings. The van der Waals surface area contributed by atoms with Gasteiger partial charge < -0.3 is 10.3 Å². The van der Waals surface area contributed by atoms with E-state index in [0.717, 1.165) is 12.1 Å². The van der Waals surface area contributed by atoms with Crippen LogP contribution in [0, 0.1) is 19.7 Å². The van der Waals surface area contributed by atoms with Gasteiger partial charge in [0.2, 0.25) is 0 Å². The largest absolute Gasteiger partial charge is 0.435 e. The standard InChI is InChI=1S/C18H15F4N5O2/c1-9-7-10(2)24-16(28)11(9)8-23-17(29)14-15(18(20,21)22)27(26-25-14)13-6-4-3-5-12(13)19/h3-7H,8H2,1-2H3,(H,23,29)(H,24,28). The van der Waals surface area contributed by atoms with E-state index in [1.807, 2.05) is 0 Å². The number of carbonyl (C=O) groups excluding carboxylic acids is 1. The van der Waals surface area contributed by atoms with Crippen molar-refractivity contribution in [1.29, 1.82) is 0 Å². The molecule has 1 aromatic carbocycles. The smallest absolute Gasteiger partial charge is 0.346 e. The highest BCUT2D eigenvalue weighted by molar-refractivity contribution is 5.93. The average Bonchev–Trinajstić information content (AvgIpc) is 3.06. The van der Waals surface area contributed by atoms with Gasteiger partial charge in [0.15, 0.2) is 11.4 Å². The lowest BCUT2D eigenvalue weighted by Crippen LogP contribution is -2.30. The summed E-state index contributed by atoms with van der Waals surface area (Å²) in [4.78, 5) is 26.9. The number of pyridine rings is 1. The molecule has 3 rings (SSSR count). The number of hydrogen-bond acceptors (Lipinski definition) is 4. The van der Waals surface area contributed by atoms with Crippen molar-refractivity contribution >= 4 is 5.91 Å². The molecule has 0 spiro atoms. The molecular weight excluding hydrogens is 394 g/mol. The number of rotatable bonds is 4. The van der Waals surface area contributed by atoms with Gasteiger partial charge in [-0.2, -0.15) is 13.2 Å². The van der Waals surface area contributed by atoms with Crippen LogP contribution in [0.4, 0.5) is 17.6 Å². The number of aromatic nitrogens is 4. The van der Waals surface area contributed by atoms with Crippen LogP contribution in [0.2, 0.25) is 0 Å². The normalized spacial score (nSPS) is 11.5. The number of amides is 1. The highest BCUT2D eigenvalue weighted by Crippen LogP contribution is 2.33. The Kier molecular flexibility index (Phi) is 5.23. The summed E-state index contributed by atoms with van der Waals surface area (Å²) in [5.74, 6) is -2.16. The third kappa shape index (κ3) is 4.03. The highest BCUT2D eigenvalue weighted by atomic mass is 19.4. The van der Waals surface area contributed by atoms with E-state index in [1.54, 1.807) is 19.9 Å². The van der Waals surface area contributed by atoms with Crippen LogP contribution in [0.25, 0.3) is 5.69 Å². The minimum atomic E-state index is -5.03. The molecule has 0 aliphatic rings. The minimum absolute atomic E-state index is 0.194. The number of para-hydroxylation sites is 1. The quantitative estimate of drug-likeness (QED) is 0.648. The SMILES string of the molecule is Cc1cc(C)c(CNC(=O)c2nnn(-c3ccccc3F)c2C(F)(F)F)c(=O)[nH]1. The summed E-state index contributed by atoms with van der Waals surface area (Å²) in [5, 5.41) is 8.85. The number of nitrogens with one attached hydrogen (secondary N) is 2. The number of H-pyrrole nitrogens is 1. The van der Waals surface area contributed by atoms with Crippen molar-refractivity contribution < 1.29 is 22.4 Å². The maximum Gasteiger partial charge on any atom is 0.435 e. The van der Waals surface area contributed by atoms with Gasteiger partial charge >= 0.3 is 6.18 Å². The molecule has 7 nitrogen and oxygen atoms in total. The van der Waals surface area contributed by atoms with Crippen molar-refractivity contribution in [2.24, 2.45) is 0 Å². The van der Waals surface area contributed by atoms with Gasteiger partial charge in [-0.15, -0.1) is 5.10 Å². The molecule has 0 unspecified atom stereocenters. The monoisotopic (exact) mass is 409 g/mol. The molecule has 0 bridgehead atoms. The Morgan fingerprint density at radius 1 is 1.24 bits per heavy atom. The molecule has 0 saturated heterocycles. The highest BCUT2D eigenvalue weighted by Gasteiger charge is 2.42. The summed E-state index contributed by atoms with van der Waals surface area (Å²) >= 11 is 0. The van der Waals surface area contributed by atoms with E-state index in [2.05, 4.69) is 20.6 Å². The molecule has 0 saturated carbocycles. The van der Waals surface area contributed by atoms with E-state index in [-0.39, 0.29) is 16.8 Å². The Labute approximate surface area is 161 Å². The predicted molar refractivity (Wildman–Crippen MR) is 94.0 cm³/mol. The summed E-state index contributed by atoms with van der Waals surface area (Å²) in [7, 11) is 0. The summed E-state index contributed by atoms with van der Waals surface area (Å²) < 4.78 is 55.0. The topological polar surface area (TPSA) is 92.7 Å². The van der Waals surface area contributed by atoms with Crippen LogP contribution in [0.1, 0.15) is 33.0 Å². The zero-order chi connectivity index (χ0) is 21.3. The van der Waals surface area contributed by atoms with Gasteiger partial charge in [0.1, 0.15) is 11.5 Å². The van der Waals surface area contributed by atoms with Crippen molar-refractivity contribution in [3.63, 3.8) is 0 Å². The van der Waals surface area contributed by atoms with Crippen molar-refractivity contribution in [3.05, 3.63) is 74.7 Å². The summed E-state index contributed by atoms with van der Waals surface area (Å²) in [6, 6.07) is 6.34. The average molecular weight is 409 g/mol. The summed E-state index contributed by atoms with van der Waals surface area (Å²) in [6.07, 6.45) is -5.03. The van der Waals surface area contributed by atoms with Gasteiger partial charge in [0, 0.05) is 17.8 Å². The molecular formula is C18H15F4N5O2. The first-order chi connectivity index (χ1) is 13.6. The molecule has 29 heavy (non-hydrogen) atoms. The first-order valence-corrected chi connectivity index (χ1v) is 8.35. The van der Waals surface area contributed by atoms with E-state index in [9.17, 15) is 27.2 Å². The van der Waals surface area contributed by atoms with E-state index < -0.39 is 40.5 Å². The molecule has 0 atom stereocenters. The van der Waals surface area contributed by atoms with Crippen molar-refractivity contribution in [3.8, 4) is 5.69 Å². The van der Waals surface area contributed by atoms with Crippen molar-refractivity contribution in [2.45, 2.75) is 26.6 Å². The van der Waals surface area contributed by atoms with Crippen LogP contribution in [0.5, 0.6) is 0 Å². The van der Waals surface area contributed by atoms with Gasteiger partial charge in [-0.05, 0) is 37.6 Å². The number of carbonyl (C=O) groups is 1. The molecule has 2 N–H and O–H groups in total. The summed E-state index contributed by atoms with van der Waals surface area (Å²) in [6.45, 7) is 3.00. The van der Waals surface area contributed by atoms with Crippen LogP contribution in [0.15, 0.2) is 35.1 Å². The lowest BCUT2D eigenvalue weighted by atomic mass is 10.1.